The highest BCUT2D eigenvalue weighted by Crippen LogP contribution is 2.76. The van der Waals surface area contributed by atoms with Crippen LogP contribution in [0.3, 0.4) is 0 Å². The lowest BCUT2D eigenvalue weighted by molar-refractivity contribution is 0.499. The van der Waals surface area contributed by atoms with E-state index >= 15 is 0 Å². The molecule has 0 bridgehead atoms. The summed E-state index contributed by atoms with van der Waals surface area (Å²) < 4.78 is 0. The number of hydrogen-bond acceptors (Lipinski definition) is 0. The van der Waals surface area contributed by atoms with Crippen molar-refractivity contribution in [3.63, 3.8) is 0 Å². The van der Waals surface area contributed by atoms with E-state index < -0.39 is 7.26 Å². The highest BCUT2D eigenvalue weighted by Gasteiger charge is 2.55. The van der Waals surface area contributed by atoms with E-state index in [1.54, 1.807) is 70.6 Å². The Morgan fingerprint density at radius 3 is 1.12 bits per heavy atom. The Morgan fingerprint density at radius 2 is 0.875 bits per heavy atom. The van der Waals surface area contributed by atoms with E-state index in [0.717, 1.165) is 0 Å². The summed E-state index contributed by atoms with van der Waals surface area (Å²) in [5, 5.41) is 0. The van der Waals surface area contributed by atoms with Crippen molar-refractivity contribution in [2.24, 2.45) is 0 Å². The van der Waals surface area contributed by atoms with Gasteiger partial charge in [0, 0.05) is 13.9 Å². The van der Waals surface area contributed by atoms with E-state index in [4.69, 9.17) is 0 Å². The predicted molar refractivity (Wildman–Crippen MR) is 75.0 cm³/mol. The van der Waals surface area contributed by atoms with Gasteiger partial charge in [-0.15, -0.1) is 0 Å². The maximum absolute atomic E-state index is 2.81. The van der Waals surface area contributed by atoms with E-state index in [1.807, 2.05) is 0 Å². The van der Waals surface area contributed by atoms with Gasteiger partial charge in [0.2, 0.25) is 0 Å². The van der Waals surface area contributed by atoms with Crippen LogP contribution in [-0.4, -0.2) is 23.6 Å². The molecule has 0 amide bonds. The van der Waals surface area contributed by atoms with Crippen LogP contribution in [0.5, 0.6) is 0 Å². The minimum absolute atomic E-state index is 0.569. The zero-order valence-electron chi connectivity index (χ0n) is 11.0. The average molecular weight is 239 g/mol. The third-order valence-corrected chi connectivity index (χ3v) is 12.4. The molecule has 0 aliphatic heterocycles. The van der Waals surface area contributed by atoms with Crippen LogP contribution in [0.2, 0.25) is 0 Å². The SMILES string of the molecule is C[P+](C1CCCC1)(C1CCCC1)C1CCC1. The highest BCUT2D eigenvalue weighted by atomic mass is 31.2. The molecule has 0 atom stereocenters. The lowest BCUT2D eigenvalue weighted by Crippen LogP contribution is -2.33. The predicted octanol–water partition coefficient (Wildman–Crippen LogP) is 5.07. The van der Waals surface area contributed by atoms with Crippen LogP contribution >= 0.6 is 7.26 Å². The first-order valence-electron chi connectivity index (χ1n) is 7.67. The molecule has 0 N–H and O–H groups in total. The lowest BCUT2D eigenvalue weighted by atomic mass is 10.00. The molecule has 3 saturated carbocycles. The van der Waals surface area contributed by atoms with Gasteiger partial charge < -0.3 is 0 Å². The van der Waals surface area contributed by atoms with Crippen molar-refractivity contribution in [3.05, 3.63) is 0 Å². The average Bonchev–Trinajstić information content (AvgIpc) is 2.89. The summed E-state index contributed by atoms with van der Waals surface area (Å²) in [6, 6.07) is 0. The largest absolute Gasteiger partial charge is 0.0700 e. The molecule has 0 aromatic heterocycles. The first-order chi connectivity index (χ1) is 7.82. The molecule has 3 aliphatic carbocycles. The second-order valence-electron chi connectivity index (χ2n) is 6.68. The Labute approximate surface area is 102 Å². The van der Waals surface area contributed by atoms with Gasteiger partial charge in [-0.1, -0.05) is 0 Å². The van der Waals surface area contributed by atoms with Crippen molar-refractivity contribution in [1.29, 1.82) is 0 Å². The summed E-state index contributed by atoms with van der Waals surface area (Å²) >= 11 is 0. The minimum atomic E-state index is -0.569. The van der Waals surface area contributed by atoms with Gasteiger partial charge in [-0.05, 0) is 70.6 Å². The third-order valence-electron chi connectivity index (χ3n) is 6.08. The molecular formula is C15H28P+. The smallest absolute Gasteiger partial charge is 0.0494 e. The minimum Gasteiger partial charge on any atom is -0.0494 e. The second-order valence-corrected chi connectivity index (χ2v) is 11.3. The molecule has 1 heteroatoms. The molecule has 0 nitrogen and oxygen atoms in total. The van der Waals surface area contributed by atoms with E-state index in [2.05, 4.69) is 6.66 Å². The fourth-order valence-corrected chi connectivity index (χ4v) is 11.0. The molecule has 3 aliphatic rings. The maximum Gasteiger partial charge on any atom is 0.0700 e. The van der Waals surface area contributed by atoms with E-state index in [1.165, 1.54) is 17.0 Å². The van der Waals surface area contributed by atoms with Crippen molar-refractivity contribution < 1.29 is 0 Å². The molecule has 0 aromatic carbocycles. The van der Waals surface area contributed by atoms with Gasteiger partial charge >= 0.3 is 0 Å². The van der Waals surface area contributed by atoms with Crippen LogP contribution in [0.4, 0.5) is 0 Å². The Hall–Kier alpha value is 0.430. The van der Waals surface area contributed by atoms with Crippen LogP contribution in [0.1, 0.15) is 70.6 Å². The number of hydrogen-bond donors (Lipinski definition) is 0. The zero-order valence-corrected chi connectivity index (χ0v) is 11.9. The molecule has 0 saturated heterocycles. The Bertz CT molecular complexity index is 216. The topological polar surface area (TPSA) is 0 Å². The van der Waals surface area contributed by atoms with Gasteiger partial charge in [0.25, 0.3) is 0 Å². The number of rotatable bonds is 3. The van der Waals surface area contributed by atoms with Crippen LogP contribution in [-0.2, 0) is 0 Å². The van der Waals surface area contributed by atoms with Gasteiger partial charge in [-0.25, -0.2) is 0 Å². The fourth-order valence-electron chi connectivity index (χ4n) is 4.76. The molecule has 0 heterocycles. The maximum atomic E-state index is 2.81. The monoisotopic (exact) mass is 239 g/mol. The second kappa shape index (κ2) is 4.60. The lowest BCUT2D eigenvalue weighted by Gasteiger charge is -2.44. The van der Waals surface area contributed by atoms with Crippen molar-refractivity contribution in [3.8, 4) is 0 Å². The fraction of sp³-hybridized carbons (Fsp3) is 1.00. The first-order valence-corrected chi connectivity index (χ1v) is 10.1. The summed E-state index contributed by atoms with van der Waals surface area (Å²) in [7, 11) is -0.569. The first kappa shape index (κ1) is 11.5. The summed E-state index contributed by atoms with van der Waals surface area (Å²) in [5.41, 5.74) is 3.64. The molecular weight excluding hydrogens is 211 g/mol. The normalized spacial score (nSPS) is 29.8. The standard InChI is InChI=1S/C15H28P/c1-16(15-11-6-12-15,13-7-2-3-8-13)14-9-4-5-10-14/h13-15H,2-12H2,1H3/q+1. The van der Waals surface area contributed by atoms with Crippen molar-refractivity contribution >= 4 is 7.26 Å². The molecule has 3 rings (SSSR count). The van der Waals surface area contributed by atoms with Crippen molar-refractivity contribution in [2.45, 2.75) is 87.6 Å². The van der Waals surface area contributed by atoms with Gasteiger partial charge in [0.1, 0.15) is 0 Å². The molecule has 92 valence electrons. The summed E-state index contributed by atoms with van der Waals surface area (Å²) in [6.07, 6.45) is 17.4. The van der Waals surface area contributed by atoms with Gasteiger partial charge in [-0.2, -0.15) is 0 Å². The molecule has 0 unspecified atom stereocenters. The summed E-state index contributed by atoms with van der Waals surface area (Å²) in [5.74, 6) is 0. The van der Waals surface area contributed by atoms with Gasteiger partial charge in [0.15, 0.2) is 0 Å². The molecule has 0 aromatic rings. The van der Waals surface area contributed by atoms with Crippen molar-refractivity contribution in [2.75, 3.05) is 6.66 Å². The van der Waals surface area contributed by atoms with Gasteiger partial charge in [-0.3, -0.25) is 0 Å². The zero-order chi connectivity index (χ0) is 11.0. The van der Waals surface area contributed by atoms with E-state index in [9.17, 15) is 0 Å². The quantitative estimate of drug-likeness (QED) is 0.603. The van der Waals surface area contributed by atoms with Crippen molar-refractivity contribution in [1.82, 2.24) is 0 Å². The van der Waals surface area contributed by atoms with Crippen LogP contribution in [0, 0.1) is 0 Å². The van der Waals surface area contributed by atoms with Crippen LogP contribution < -0.4 is 0 Å². The Morgan fingerprint density at radius 1 is 0.562 bits per heavy atom. The van der Waals surface area contributed by atoms with Gasteiger partial charge in [0.05, 0.1) is 17.0 Å². The summed E-state index contributed by atoms with van der Waals surface area (Å²) in [4.78, 5) is 0. The van der Waals surface area contributed by atoms with E-state index in [-0.39, 0.29) is 0 Å². The molecule has 0 radical (unpaired) electrons. The molecule has 16 heavy (non-hydrogen) atoms. The van der Waals surface area contributed by atoms with Crippen LogP contribution in [0.25, 0.3) is 0 Å². The highest BCUT2D eigenvalue weighted by molar-refractivity contribution is 7.77. The van der Waals surface area contributed by atoms with Crippen LogP contribution in [0.15, 0.2) is 0 Å². The summed E-state index contributed by atoms with van der Waals surface area (Å²) in [6.45, 7) is 2.81. The van der Waals surface area contributed by atoms with E-state index in [0.29, 0.717) is 0 Å². The Kier molecular flexibility index (Phi) is 3.31. The Balaban J connectivity index is 1.79. The molecule has 0 spiro atoms. The molecule has 3 fully saturated rings. The third kappa shape index (κ3) is 1.76.